The Hall–Kier alpha value is -2.14. The van der Waals surface area contributed by atoms with Crippen LogP contribution in [-0.4, -0.2) is 16.1 Å². The fourth-order valence-electron chi connectivity index (χ4n) is 1.83. The van der Waals surface area contributed by atoms with Gasteiger partial charge < -0.3 is 9.84 Å². The third-order valence-corrected chi connectivity index (χ3v) is 4.04. The molecule has 0 aliphatic carbocycles. The summed E-state index contributed by atoms with van der Waals surface area (Å²) in [6.45, 7) is 6.34. The summed E-state index contributed by atoms with van der Waals surface area (Å²) >= 11 is 1.61. The molecule has 0 bridgehead atoms. The number of carbonyl (C=O) groups is 1. The van der Waals surface area contributed by atoms with E-state index in [4.69, 9.17) is 9.84 Å². The van der Waals surface area contributed by atoms with Crippen molar-refractivity contribution in [2.75, 3.05) is 0 Å². The highest BCUT2D eigenvalue weighted by atomic mass is 32.1. The van der Waals surface area contributed by atoms with Crippen molar-refractivity contribution in [3.05, 3.63) is 51.0 Å². The minimum Gasteiger partial charge on any atom is -0.486 e. The number of aliphatic carboxylic acids is 1. The van der Waals surface area contributed by atoms with Gasteiger partial charge in [-0.05, 0) is 39.0 Å². The van der Waals surface area contributed by atoms with Crippen LogP contribution < -0.4 is 4.74 Å². The number of hydrogen-bond donors (Lipinski definition) is 1. The van der Waals surface area contributed by atoms with E-state index in [-0.39, 0.29) is 0 Å². The Balaban J connectivity index is 2.17. The van der Waals surface area contributed by atoms with Crippen LogP contribution in [0.3, 0.4) is 0 Å². The third-order valence-electron chi connectivity index (χ3n) is 2.99. The number of rotatable bonds is 5. The monoisotopic (exact) mass is 303 g/mol. The quantitative estimate of drug-likeness (QED) is 0.855. The summed E-state index contributed by atoms with van der Waals surface area (Å²) < 4.78 is 5.78. The molecule has 5 heteroatoms. The first-order valence-corrected chi connectivity index (χ1v) is 7.34. The second kappa shape index (κ2) is 6.54. The van der Waals surface area contributed by atoms with Gasteiger partial charge in [-0.25, -0.2) is 9.78 Å². The normalized spacial score (nSPS) is 11.0. The molecule has 1 heterocycles. The largest absolute Gasteiger partial charge is 0.486 e. The second-order valence-corrected chi connectivity index (χ2v) is 6.04. The van der Waals surface area contributed by atoms with Crippen LogP contribution in [0.25, 0.3) is 6.08 Å². The molecule has 2 aromatic rings. The van der Waals surface area contributed by atoms with Crippen LogP contribution in [-0.2, 0) is 11.4 Å². The van der Waals surface area contributed by atoms with Crippen LogP contribution in [0.5, 0.6) is 5.75 Å². The van der Waals surface area contributed by atoms with E-state index in [9.17, 15) is 4.79 Å². The highest BCUT2D eigenvalue weighted by molar-refractivity contribution is 7.11. The van der Waals surface area contributed by atoms with Gasteiger partial charge in [-0.3, -0.25) is 0 Å². The highest BCUT2D eigenvalue weighted by Crippen LogP contribution is 2.24. The van der Waals surface area contributed by atoms with Gasteiger partial charge >= 0.3 is 5.97 Å². The van der Waals surface area contributed by atoms with E-state index in [1.807, 2.05) is 39.0 Å². The van der Waals surface area contributed by atoms with Crippen molar-refractivity contribution in [2.45, 2.75) is 27.4 Å². The molecule has 0 amide bonds. The van der Waals surface area contributed by atoms with Gasteiger partial charge in [0.1, 0.15) is 17.4 Å². The number of thiazole rings is 1. The van der Waals surface area contributed by atoms with Gasteiger partial charge in [0.25, 0.3) is 0 Å². The zero-order valence-corrected chi connectivity index (χ0v) is 13.0. The first-order valence-electron chi connectivity index (χ1n) is 6.53. The molecule has 1 aromatic heterocycles. The van der Waals surface area contributed by atoms with Crippen LogP contribution in [0.15, 0.2) is 24.3 Å². The topological polar surface area (TPSA) is 59.4 Å². The maximum atomic E-state index is 10.7. The Morgan fingerprint density at radius 2 is 2.14 bits per heavy atom. The minimum absolute atomic E-state index is 0.385. The Morgan fingerprint density at radius 3 is 2.76 bits per heavy atom. The van der Waals surface area contributed by atoms with Gasteiger partial charge in [0, 0.05) is 16.5 Å². The van der Waals surface area contributed by atoms with Crippen molar-refractivity contribution in [1.29, 1.82) is 0 Å². The molecule has 0 aliphatic rings. The first kappa shape index (κ1) is 15.3. The third kappa shape index (κ3) is 4.16. The molecule has 0 radical (unpaired) electrons. The number of nitrogens with zero attached hydrogens (tertiary/aromatic N) is 1. The summed E-state index contributed by atoms with van der Waals surface area (Å²) in [7, 11) is 0. The fourth-order valence-corrected chi connectivity index (χ4v) is 2.68. The van der Waals surface area contributed by atoms with Gasteiger partial charge in [0.15, 0.2) is 0 Å². The lowest BCUT2D eigenvalue weighted by Crippen LogP contribution is -1.97. The Bertz CT molecular complexity index is 669. The smallest absolute Gasteiger partial charge is 0.328 e. The lowest BCUT2D eigenvalue weighted by atomic mass is 10.1. The molecule has 0 aliphatic heterocycles. The van der Waals surface area contributed by atoms with Gasteiger partial charge in [-0.1, -0.05) is 11.6 Å². The molecule has 110 valence electrons. The predicted molar refractivity (Wildman–Crippen MR) is 83.8 cm³/mol. The molecule has 4 nitrogen and oxygen atoms in total. The minimum atomic E-state index is -0.978. The Kier molecular flexibility index (Phi) is 4.75. The zero-order chi connectivity index (χ0) is 15.4. The number of carboxylic acid groups (broad SMARTS) is 1. The molecule has 0 atom stereocenters. The Labute approximate surface area is 127 Å². The van der Waals surface area contributed by atoms with Crippen LogP contribution >= 0.6 is 11.3 Å². The molecule has 1 N–H and O–H groups in total. The molecular weight excluding hydrogens is 286 g/mol. The maximum absolute atomic E-state index is 10.7. The van der Waals surface area contributed by atoms with Crippen molar-refractivity contribution in [3.8, 4) is 5.75 Å². The summed E-state index contributed by atoms with van der Waals surface area (Å²) in [5.74, 6) is -0.322. The Morgan fingerprint density at radius 1 is 1.38 bits per heavy atom. The van der Waals surface area contributed by atoms with E-state index < -0.39 is 5.97 Å². The number of benzene rings is 1. The molecule has 0 saturated carbocycles. The van der Waals surface area contributed by atoms with Crippen LogP contribution in [0.4, 0.5) is 0 Å². The number of carboxylic acids is 1. The second-order valence-electron chi connectivity index (χ2n) is 4.75. The van der Waals surface area contributed by atoms with Gasteiger partial charge in [-0.15, -0.1) is 11.3 Å². The summed E-state index contributed by atoms with van der Waals surface area (Å²) in [4.78, 5) is 16.3. The molecule has 21 heavy (non-hydrogen) atoms. The van der Waals surface area contributed by atoms with Crippen LogP contribution in [0.1, 0.15) is 26.7 Å². The van der Waals surface area contributed by atoms with E-state index >= 15 is 0 Å². The van der Waals surface area contributed by atoms with Crippen molar-refractivity contribution >= 4 is 23.4 Å². The first-order chi connectivity index (χ1) is 9.95. The SMILES string of the molecule is Cc1ccc(OCc2nc(C)c(C)s2)c(/C=C/C(=O)O)c1. The van der Waals surface area contributed by atoms with Crippen LogP contribution in [0.2, 0.25) is 0 Å². The van der Waals surface area contributed by atoms with E-state index in [0.717, 1.165) is 27.9 Å². The van der Waals surface area contributed by atoms with Crippen LogP contribution in [0, 0.1) is 20.8 Å². The molecule has 0 fully saturated rings. The summed E-state index contributed by atoms with van der Waals surface area (Å²) in [5.41, 5.74) is 2.82. The molecule has 2 rings (SSSR count). The van der Waals surface area contributed by atoms with Gasteiger partial charge in [0.2, 0.25) is 0 Å². The van der Waals surface area contributed by atoms with Crippen molar-refractivity contribution in [1.82, 2.24) is 4.98 Å². The molecule has 0 saturated heterocycles. The predicted octanol–water partition coefficient (Wildman–Crippen LogP) is 3.75. The highest BCUT2D eigenvalue weighted by Gasteiger charge is 2.07. The van der Waals surface area contributed by atoms with Gasteiger partial charge in [0.05, 0.1) is 5.69 Å². The number of hydrogen-bond acceptors (Lipinski definition) is 4. The molecule has 0 unspecified atom stereocenters. The average Bonchev–Trinajstić information content (AvgIpc) is 2.74. The molecule has 0 spiro atoms. The fraction of sp³-hybridized carbons (Fsp3) is 0.250. The molecule has 1 aromatic carbocycles. The standard InChI is InChI=1S/C16H17NO3S/c1-10-4-6-14(13(8-10)5-7-16(18)19)20-9-15-17-11(2)12(3)21-15/h4-8H,9H2,1-3H3,(H,18,19)/b7-5+. The molecular formula is C16H17NO3S. The lowest BCUT2D eigenvalue weighted by molar-refractivity contribution is -0.131. The summed E-state index contributed by atoms with van der Waals surface area (Å²) in [5, 5.41) is 9.66. The van der Waals surface area contributed by atoms with Crippen molar-refractivity contribution in [3.63, 3.8) is 0 Å². The summed E-state index contributed by atoms with van der Waals surface area (Å²) in [6.07, 6.45) is 2.66. The van der Waals surface area contributed by atoms with Crippen molar-refractivity contribution in [2.24, 2.45) is 0 Å². The van der Waals surface area contributed by atoms with Crippen molar-refractivity contribution < 1.29 is 14.6 Å². The summed E-state index contributed by atoms with van der Waals surface area (Å²) in [6, 6.07) is 5.68. The van der Waals surface area contributed by atoms with E-state index in [2.05, 4.69) is 4.98 Å². The number of aryl methyl sites for hydroxylation is 3. The number of aromatic nitrogens is 1. The number of ether oxygens (including phenoxy) is 1. The zero-order valence-electron chi connectivity index (χ0n) is 12.2. The lowest BCUT2D eigenvalue weighted by Gasteiger charge is -2.08. The van der Waals surface area contributed by atoms with E-state index in [1.54, 1.807) is 17.4 Å². The van der Waals surface area contributed by atoms with E-state index in [1.165, 1.54) is 4.88 Å². The average molecular weight is 303 g/mol. The van der Waals surface area contributed by atoms with E-state index in [0.29, 0.717) is 12.4 Å². The van der Waals surface area contributed by atoms with Gasteiger partial charge in [-0.2, -0.15) is 0 Å². The maximum Gasteiger partial charge on any atom is 0.328 e.